The Balaban J connectivity index is 2.12. The summed E-state index contributed by atoms with van der Waals surface area (Å²) in [5.74, 6) is 0.617. The van der Waals surface area contributed by atoms with Gasteiger partial charge in [-0.05, 0) is 30.3 Å². The summed E-state index contributed by atoms with van der Waals surface area (Å²) in [5.41, 5.74) is 2.86. The SMILES string of the molecule is CCc1nc2ccccc2n1Cc1cc(C#N)ccc1F. The topological polar surface area (TPSA) is 41.6 Å². The van der Waals surface area contributed by atoms with E-state index in [1.54, 1.807) is 6.07 Å². The number of nitrogens with zero attached hydrogens (tertiary/aromatic N) is 3. The lowest BCUT2D eigenvalue weighted by Gasteiger charge is -2.09. The fourth-order valence-electron chi connectivity index (χ4n) is 2.51. The summed E-state index contributed by atoms with van der Waals surface area (Å²) in [7, 11) is 0. The fraction of sp³-hybridized carbons (Fsp3) is 0.176. The molecule has 3 rings (SSSR count). The molecule has 1 aromatic heterocycles. The van der Waals surface area contributed by atoms with Gasteiger partial charge in [0.05, 0.1) is 29.2 Å². The van der Waals surface area contributed by atoms with Gasteiger partial charge in [-0.25, -0.2) is 9.37 Å². The van der Waals surface area contributed by atoms with Gasteiger partial charge in [-0.2, -0.15) is 5.26 Å². The number of nitriles is 1. The molecule has 0 N–H and O–H groups in total. The molecule has 0 amide bonds. The molecule has 0 unspecified atom stereocenters. The Kier molecular flexibility index (Phi) is 3.41. The van der Waals surface area contributed by atoms with Crippen molar-refractivity contribution in [2.45, 2.75) is 19.9 Å². The highest BCUT2D eigenvalue weighted by atomic mass is 19.1. The van der Waals surface area contributed by atoms with Crippen molar-refractivity contribution in [1.29, 1.82) is 5.26 Å². The zero-order chi connectivity index (χ0) is 14.8. The monoisotopic (exact) mass is 279 g/mol. The molecule has 2 aromatic carbocycles. The number of para-hydroxylation sites is 2. The van der Waals surface area contributed by atoms with E-state index in [-0.39, 0.29) is 5.82 Å². The highest BCUT2D eigenvalue weighted by Gasteiger charge is 2.12. The zero-order valence-electron chi connectivity index (χ0n) is 11.7. The number of benzene rings is 2. The van der Waals surface area contributed by atoms with Gasteiger partial charge in [0.1, 0.15) is 11.6 Å². The van der Waals surface area contributed by atoms with Crippen LogP contribution in [0.5, 0.6) is 0 Å². The molecule has 0 saturated heterocycles. The first-order valence-electron chi connectivity index (χ1n) is 6.85. The second kappa shape index (κ2) is 5.37. The van der Waals surface area contributed by atoms with Crippen molar-refractivity contribution in [3.8, 4) is 6.07 Å². The summed E-state index contributed by atoms with van der Waals surface area (Å²) >= 11 is 0. The molecule has 0 radical (unpaired) electrons. The van der Waals surface area contributed by atoms with E-state index in [9.17, 15) is 4.39 Å². The molecule has 0 aliphatic heterocycles. The Hall–Kier alpha value is -2.67. The number of aryl methyl sites for hydroxylation is 1. The van der Waals surface area contributed by atoms with Gasteiger partial charge in [0.2, 0.25) is 0 Å². The molecule has 0 saturated carbocycles. The summed E-state index contributed by atoms with van der Waals surface area (Å²) in [6, 6.07) is 14.3. The maximum atomic E-state index is 14.0. The first kappa shape index (κ1) is 13.3. The number of rotatable bonds is 3. The van der Waals surface area contributed by atoms with Crippen LogP contribution in [-0.4, -0.2) is 9.55 Å². The average Bonchev–Trinajstić information content (AvgIpc) is 2.87. The second-order valence-electron chi connectivity index (χ2n) is 4.87. The van der Waals surface area contributed by atoms with Crippen LogP contribution in [0.4, 0.5) is 4.39 Å². The third kappa shape index (κ3) is 2.38. The summed E-state index contributed by atoms with van der Waals surface area (Å²) in [6.07, 6.45) is 0.772. The maximum Gasteiger partial charge on any atom is 0.128 e. The van der Waals surface area contributed by atoms with Gasteiger partial charge in [-0.15, -0.1) is 0 Å². The van der Waals surface area contributed by atoms with Crippen LogP contribution in [-0.2, 0) is 13.0 Å². The standard InChI is InChI=1S/C17H14FN3/c1-2-17-20-15-5-3-4-6-16(15)21(17)11-13-9-12(10-19)7-8-14(13)18/h3-9H,2,11H2,1H3. The molecule has 0 fully saturated rings. The summed E-state index contributed by atoms with van der Waals surface area (Å²) < 4.78 is 16.0. The molecule has 3 nitrogen and oxygen atoms in total. The molecule has 0 spiro atoms. The number of imidazole rings is 1. The molecular formula is C17H14FN3. The van der Waals surface area contributed by atoms with Crippen LogP contribution in [0.1, 0.15) is 23.9 Å². The minimum atomic E-state index is -0.297. The lowest BCUT2D eigenvalue weighted by Crippen LogP contribution is -2.06. The van der Waals surface area contributed by atoms with Crippen molar-refractivity contribution in [1.82, 2.24) is 9.55 Å². The lowest BCUT2D eigenvalue weighted by atomic mass is 10.1. The molecule has 0 aliphatic carbocycles. The van der Waals surface area contributed by atoms with Gasteiger partial charge in [0.15, 0.2) is 0 Å². The molecule has 3 aromatic rings. The van der Waals surface area contributed by atoms with Crippen molar-refractivity contribution in [2.24, 2.45) is 0 Å². The van der Waals surface area contributed by atoms with E-state index in [2.05, 4.69) is 4.98 Å². The number of halogens is 1. The van der Waals surface area contributed by atoms with E-state index in [0.29, 0.717) is 17.7 Å². The normalized spacial score (nSPS) is 10.7. The Labute approximate surface area is 122 Å². The molecule has 21 heavy (non-hydrogen) atoms. The predicted octanol–water partition coefficient (Wildman–Crippen LogP) is 3.66. The zero-order valence-corrected chi connectivity index (χ0v) is 11.7. The van der Waals surface area contributed by atoms with Crippen LogP contribution in [0, 0.1) is 17.1 Å². The number of hydrogen-bond donors (Lipinski definition) is 0. The van der Waals surface area contributed by atoms with Crippen LogP contribution in [0.3, 0.4) is 0 Å². The maximum absolute atomic E-state index is 14.0. The molecule has 4 heteroatoms. The van der Waals surface area contributed by atoms with Crippen LogP contribution in [0.25, 0.3) is 11.0 Å². The van der Waals surface area contributed by atoms with Crippen LogP contribution in [0.2, 0.25) is 0 Å². The first-order valence-corrected chi connectivity index (χ1v) is 6.85. The summed E-state index contributed by atoms with van der Waals surface area (Å²) in [6.45, 7) is 2.41. The van der Waals surface area contributed by atoms with E-state index in [1.807, 2.05) is 41.8 Å². The number of fused-ring (bicyclic) bond motifs is 1. The quantitative estimate of drug-likeness (QED) is 0.734. The smallest absolute Gasteiger partial charge is 0.128 e. The number of aromatic nitrogens is 2. The molecule has 1 heterocycles. The minimum absolute atomic E-state index is 0.297. The highest BCUT2D eigenvalue weighted by Crippen LogP contribution is 2.20. The Morgan fingerprint density at radius 2 is 2.05 bits per heavy atom. The van der Waals surface area contributed by atoms with E-state index in [4.69, 9.17) is 5.26 Å². The highest BCUT2D eigenvalue weighted by molar-refractivity contribution is 5.76. The van der Waals surface area contributed by atoms with Gasteiger partial charge in [-0.1, -0.05) is 19.1 Å². The first-order chi connectivity index (χ1) is 10.2. The van der Waals surface area contributed by atoms with E-state index in [0.717, 1.165) is 23.3 Å². The molecule has 0 bridgehead atoms. The average molecular weight is 279 g/mol. The van der Waals surface area contributed by atoms with Crippen LogP contribution >= 0.6 is 0 Å². The van der Waals surface area contributed by atoms with Gasteiger partial charge in [-0.3, -0.25) is 0 Å². The van der Waals surface area contributed by atoms with Gasteiger partial charge in [0.25, 0.3) is 0 Å². The van der Waals surface area contributed by atoms with Crippen molar-refractivity contribution in [3.05, 3.63) is 65.2 Å². The molecule has 0 aliphatic rings. The fourth-order valence-corrected chi connectivity index (χ4v) is 2.51. The van der Waals surface area contributed by atoms with Crippen molar-refractivity contribution >= 4 is 11.0 Å². The van der Waals surface area contributed by atoms with Gasteiger partial charge in [0, 0.05) is 12.0 Å². The molecule has 104 valence electrons. The van der Waals surface area contributed by atoms with Gasteiger partial charge >= 0.3 is 0 Å². The van der Waals surface area contributed by atoms with E-state index >= 15 is 0 Å². The largest absolute Gasteiger partial charge is 0.323 e. The predicted molar refractivity (Wildman–Crippen MR) is 79.3 cm³/mol. The Morgan fingerprint density at radius 1 is 1.24 bits per heavy atom. The van der Waals surface area contributed by atoms with E-state index in [1.165, 1.54) is 12.1 Å². The third-order valence-electron chi connectivity index (χ3n) is 3.55. The summed E-state index contributed by atoms with van der Waals surface area (Å²) in [4.78, 5) is 4.58. The molecular weight excluding hydrogens is 265 g/mol. The Morgan fingerprint density at radius 3 is 2.81 bits per heavy atom. The Bertz CT molecular complexity index is 843. The van der Waals surface area contributed by atoms with Gasteiger partial charge < -0.3 is 4.57 Å². The molecule has 0 atom stereocenters. The minimum Gasteiger partial charge on any atom is -0.323 e. The summed E-state index contributed by atoms with van der Waals surface area (Å²) in [5, 5.41) is 8.96. The number of hydrogen-bond acceptors (Lipinski definition) is 2. The van der Waals surface area contributed by atoms with Crippen molar-refractivity contribution < 1.29 is 4.39 Å². The second-order valence-corrected chi connectivity index (χ2v) is 4.87. The van der Waals surface area contributed by atoms with Crippen LogP contribution in [0.15, 0.2) is 42.5 Å². The van der Waals surface area contributed by atoms with Crippen molar-refractivity contribution in [2.75, 3.05) is 0 Å². The van der Waals surface area contributed by atoms with Crippen LogP contribution < -0.4 is 0 Å². The lowest BCUT2D eigenvalue weighted by molar-refractivity contribution is 0.597. The van der Waals surface area contributed by atoms with E-state index < -0.39 is 0 Å². The third-order valence-corrected chi connectivity index (χ3v) is 3.55. The van der Waals surface area contributed by atoms with Crippen molar-refractivity contribution in [3.63, 3.8) is 0 Å².